The van der Waals surface area contributed by atoms with Gasteiger partial charge in [0.15, 0.2) is 0 Å². The Morgan fingerprint density at radius 2 is 0.588 bits per heavy atom. The fraction of sp³-hybridized carbons (Fsp3) is 0.873. The van der Waals surface area contributed by atoms with Gasteiger partial charge in [-0.05, 0) is 89.9 Å². The molecule has 0 aliphatic heterocycles. The molecule has 6 nitrogen and oxygen atoms in total. The predicted octanol–water partition coefficient (Wildman–Crippen LogP) is 25.2. The largest absolute Gasteiger partial charge is 0.466 e. The summed E-state index contributed by atoms with van der Waals surface area (Å²) in [5, 5.41) is 23.2. The van der Waals surface area contributed by atoms with Crippen LogP contribution in [-0.4, -0.2) is 47.4 Å². The van der Waals surface area contributed by atoms with Crippen LogP contribution < -0.4 is 5.32 Å². The zero-order valence-corrected chi connectivity index (χ0v) is 57.4. The first-order valence-corrected chi connectivity index (χ1v) is 38.4. The van der Waals surface area contributed by atoms with Crippen LogP contribution in [0.25, 0.3) is 0 Å². The monoisotopic (exact) mass is 1190 g/mol. The Morgan fingerprint density at radius 3 is 0.929 bits per heavy atom. The van der Waals surface area contributed by atoms with Crippen LogP contribution in [0.5, 0.6) is 0 Å². The molecule has 2 unspecified atom stereocenters. The first-order valence-electron chi connectivity index (χ1n) is 38.4. The van der Waals surface area contributed by atoms with Crippen LogP contribution in [0.4, 0.5) is 0 Å². The van der Waals surface area contributed by atoms with Crippen LogP contribution in [0.2, 0.25) is 0 Å². The minimum absolute atomic E-state index is 0.00741. The van der Waals surface area contributed by atoms with E-state index < -0.39 is 12.1 Å². The molecule has 0 saturated heterocycles. The van der Waals surface area contributed by atoms with Gasteiger partial charge in [-0.3, -0.25) is 9.59 Å². The highest BCUT2D eigenvalue weighted by Gasteiger charge is 2.18. The van der Waals surface area contributed by atoms with Crippen LogP contribution in [0.15, 0.2) is 48.6 Å². The summed E-state index contributed by atoms with van der Waals surface area (Å²) in [6.07, 6.45) is 98.0. The second-order valence-electron chi connectivity index (χ2n) is 26.3. The van der Waals surface area contributed by atoms with Crippen LogP contribution in [0.3, 0.4) is 0 Å². The van der Waals surface area contributed by atoms with Gasteiger partial charge in [-0.2, -0.15) is 0 Å². The van der Waals surface area contributed by atoms with Gasteiger partial charge in [0.1, 0.15) is 0 Å². The van der Waals surface area contributed by atoms with Crippen LogP contribution in [-0.2, 0) is 14.3 Å². The van der Waals surface area contributed by atoms with Crippen LogP contribution in [0.1, 0.15) is 418 Å². The second-order valence-corrected chi connectivity index (χ2v) is 26.3. The molecule has 0 radical (unpaired) electrons. The van der Waals surface area contributed by atoms with E-state index in [-0.39, 0.29) is 18.5 Å². The van der Waals surface area contributed by atoms with Gasteiger partial charge in [0.2, 0.25) is 5.91 Å². The number of aliphatic hydroxyl groups excluding tert-OH is 2. The number of unbranched alkanes of at least 4 members (excludes halogenated alkanes) is 55. The summed E-state index contributed by atoms with van der Waals surface area (Å²) in [7, 11) is 0. The average Bonchev–Trinajstić information content (AvgIpc) is 3.51. The van der Waals surface area contributed by atoms with Crippen molar-refractivity contribution in [3.05, 3.63) is 48.6 Å². The zero-order chi connectivity index (χ0) is 61.3. The smallest absolute Gasteiger partial charge is 0.305 e. The van der Waals surface area contributed by atoms with Gasteiger partial charge in [-0.15, -0.1) is 0 Å². The lowest BCUT2D eigenvalue weighted by atomic mass is 10.0. The van der Waals surface area contributed by atoms with Crippen molar-refractivity contribution in [3.8, 4) is 0 Å². The maximum Gasteiger partial charge on any atom is 0.305 e. The summed E-state index contributed by atoms with van der Waals surface area (Å²) < 4.78 is 5.49. The quantitative estimate of drug-likeness (QED) is 0.0320. The van der Waals surface area contributed by atoms with Crippen molar-refractivity contribution >= 4 is 11.9 Å². The number of hydrogen-bond donors (Lipinski definition) is 3. The lowest BCUT2D eigenvalue weighted by Crippen LogP contribution is -2.45. The Hall–Kier alpha value is -2.18. The number of nitrogens with one attached hydrogen (secondary N) is 1. The second kappa shape index (κ2) is 74.3. The van der Waals surface area contributed by atoms with Crippen molar-refractivity contribution in [2.45, 2.75) is 431 Å². The highest BCUT2D eigenvalue weighted by Crippen LogP contribution is 2.19. The number of allylic oxidation sites excluding steroid dienone is 7. The van der Waals surface area contributed by atoms with Gasteiger partial charge in [-0.1, -0.05) is 364 Å². The summed E-state index contributed by atoms with van der Waals surface area (Å²) in [5.41, 5.74) is 0. The molecule has 0 bridgehead atoms. The molecular formula is C79H149NO5. The molecule has 0 aliphatic carbocycles. The maximum absolute atomic E-state index is 12.5. The fourth-order valence-corrected chi connectivity index (χ4v) is 12.0. The minimum Gasteiger partial charge on any atom is -0.466 e. The molecule has 6 heteroatoms. The maximum atomic E-state index is 12.5. The number of aliphatic hydroxyl groups is 2. The first-order chi connectivity index (χ1) is 42.0. The molecule has 0 fully saturated rings. The van der Waals surface area contributed by atoms with E-state index in [0.717, 1.165) is 51.4 Å². The standard InChI is InChI=1S/C79H149NO5/c1-3-5-7-9-11-13-15-17-19-44-47-51-55-59-63-67-71-77(82)76(75-81)80-78(83)72-68-64-60-56-52-48-45-41-39-37-35-33-31-29-27-25-23-21-20-22-24-26-28-30-32-34-36-38-40-42-46-50-54-58-62-66-70-74-85-79(84)73-69-65-61-57-53-49-43-18-16-14-12-10-8-6-4-2/h12,14,18,20,22,43,67,71,76-77,81-82H,3-11,13,15-17,19,21,23-42,44-66,68-70,72-75H2,1-2H3,(H,80,83)/b14-12-,22-20-,43-18-,71-67+. The van der Waals surface area contributed by atoms with Crippen molar-refractivity contribution in [1.82, 2.24) is 5.32 Å². The molecule has 85 heavy (non-hydrogen) atoms. The third-order valence-electron chi connectivity index (χ3n) is 17.8. The Kier molecular flexibility index (Phi) is 72.4. The summed E-state index contributed by atoms with van der Waals surface area (Å²) >= 11 is 0. The zero-order valence-electron chi connectivity index (χ0n) is 57.4. The number of amides is 1. The van der Waals surface area contributed by atoms with Crippen molar-refractivity contribution in [2.75, 3.05) is 13.2 Å². The SMILES string of the molecule is CCCCC/C=C\C/C=C\CCCCCCCC(=O)OCCCCCCCCCCCCCCCCCC/C=C\CCCCCCCCCCCCCCCCCCCC(=O)NC(CO)C(O)/C=C/CCCCCCCCCCCCCCCC. The lowest BCUT2D eigenvalue weighted by Gasteiger charge is -2.20. The average molecular weight is 1190 g/mol. The number of carbonyl (C=O) groups is 2. The van der Waals surface area contributed by atoms with Gasteiger partial charge in [0.05, 0.1) is 25.4 Å². The highest BCUT2D eigenvalue weighted by atomic mass is 16.5. The number of carbonyl (C=O) groups excluding carboxylic acids is 2. The topological polar surface area (TPSA) is 95.9 Å². The Bertz CT molecular complexity index is 1420. The van der Waals surface area contributed by atoms with Gasteiger partial charge < -0.3 is 20.3 Å². The van der Waals surface area contributed by atoms with Crippen molar-refractivity contribution in [2.24, 2.45) is 0 Å². The van der Waals surface area contributed by atoms with Gasteiger partial charge in [0.25, 0.3) is 0 Å². The molecule has 0 aliphatic rings. The van der Waals surface area contributed by atoms with Crippen LogP contribution >= 0.6 is 0 Å². The highest BCUT2D eigenvalue weighted by molar-refractivity contribution is 5.76. The summed E-state index contributed by atoms with van der Waals surface area (Å²) in [4.78, 5) is 24.6. The van der Waals surface area contributed by atoms with E-state index in [1.165, 1.54) is 340 Å². The number of ether oxygens (including phenoxy) is 1. The third-order valence-corrected chi connectivity index (χ3v) is 17.8. The van der Waals surface area contributed by atoms with E-state index in [1.807, 2.05) is 6.08 Å². The van der Waals surface area contributed by atoms with E-state index in [1.54, 1.807) is 6.08 Å². The van der Waals surface area contributed by atoms with Crippen molar-refractivity contribution in [1.29, 1.82) is 0 Å². The lowest BCUT2D eigenvalue weighted by molar-refractivity contribution is -0.143. The number of rotatable bonds is 72. The molecular weight excluding hydrogens is 1040 g/mol. The van der Waals surface area contributed by atoms with Gasteiger partial charge >= 0.3 is 5.97 Å². The Labute approximate surface area is 531 Å². The van der Waals surface area contributed by atoms with E-state index in [2.05, 4.69) is 55.6 Å². The molecule has 0 spiro atoms. The predicted molar refractivity (Wildman–Crippen MR) is 375 cm³/mol. The normalized spacial score (nSPS) is 12.8. The van der Waals surface area contributed by atoms with E-state index in [9.17, 15) is 19.8 Å². The van der Waals surface area contributed by atoms with E-state index >= 15 is 0 Å². The first kappa shape index (κ1) is 82.8. The molecule has 0 aromatic carbocycles. The summed E-state index contributed by atoms with van der Waals surface area (Å²) in [6.45, 7) is 4.90. The van der Waals surface area contributed by atoms with E-state index in [4.69, 9.17) is 4.74 Å². The van der Waals surface area contributed by atoms with Gasteiger partial charge in [0, 0.05) is 12.8 Å². The summed E-state index contributed by atoms with van der Waals surface area (Å²) in [6, 6.07) is -0.625. The number of hydrogen-bond acceptors (Lipinski definition) is 5. The Morgan fingerprint density at radius 1 is 0.329 bits per heavy atom. The molecule has 500 valence electrons. The fourth-order valence-electron chi connectivity index (χ4n) is 12.0. The molecule has 2 atom stereocenters. The van der Waals surface area contributed by atoms with E-state index in [0.29, 0.717) is 19.4 Å². The van der Waals surface area contributed by atoms with Crippen LogP contribution in [0, 0.1) is 0 Å². The Balaban J connectivity index is 3.35. The molecule has 3 N–H and O–H groups in total. The van der Waals surface area contributed by atoms with Crippen molar-refractivity contribution in [3.63, 3.8) is 0 Å². The molecule has 0 aromatic heterocycles. The third kappa shape index (κ3) is 70.8. The molecule has 1 amide bonds. The molecule has 0 rings (SSSR count). The number of esters is 1. The molecule has 0 aromatic rings. The van der Waals surface area contributed by atoms with Crippen molar-refractivity contribution < 1.29 is 24.5 Å². The summed E-state index contributed by atoms with van der Waals surface area (Å²) in [5.74, 6) is -0.0539. The molecule has 0 saturated carbocycles. The molecule has 0 heterocycles. The van der Waals surface area contributed by atoms with Gasteiger partial charge in [-0.25, -0.2) is 0 Å². The minimum atomic E-state index is -0.842.